The number of rotatable bonds is 4. The zero-order valence-electron chi connectivity index (χ0n) is 13.0. The summed E-state index contributed by atoms with van der Waals surface area (Å²) < 4.78 is 11.7. The number of aromatic nitrogens is 1. The zero-order valence-corrected chi connectivity index (χ0v) is 13.0. The van der Waals surface area contributed by atoms with Crippen LogP contribution in [0.3, 0.4) is 0 Å². The SMILES string of the molecule is CCO[C@@H]1C[C@H](c2cccnc2)C(C#N)=C(c2ccccc2)O1. The molecule has 4 heteroatoms. The van der Waals surface area contributed by atoms with Gasteiger partial charge in [0.15, 0.2) is 0 Å². The molecule has 0 aliphatic carbocycles. The third-order valence-electron chi connectivity index (χ3n) is 3.87. The minimum atomic E-state index is -0.363. The molecule has 0 saturated heterocycles. The fraction of sp³-hybridized carbons (Fsp3) is 0.263. The van der Waals surface area contributed by atoms with Gasteiger partial charge < -0.3 is 9.47 Å². The first-order valence-electron chi connectivity index (χ1n) is 7.71. The van der Waals surface area contributed by atoms with E-state index in [-0.39, 0.29) is 12.2 Å². The van der Waals surface area contributed by atoms with Gasteiger partial charge in [-0.3, -0.25) is 4.98 Å². The van der Waals surface area contributed by atoms with E-state index in [1.165, 1.54) is 0 Å². The van der Waals surface area contributed by atoms with Crippen LogP contribution in [0.25, 0.3) is 5.76 Å². The topological polar surface area (TPSA) is 55.1 Å². The lowest BCUT2D eigenvalue weighted by atomic mass is 9.86. The number of nitrogens with zero attached hydrogens (tertiary/aromatic N) is 2. The van der Waals surface area contributed by atoms with E-state index in [9.17, 15) is 5.26 Å². The standard InChI is InChI=1S/C19H18N2O2/c1-2-22-18-11-16(15-9-6-10-21-13-15)17(12-20)19(23-18)14-7-4-3-5-8-14/h3-10,13,16,18H,2,11H2,1H3/t16-,18+/m1/s1. The predicted octanol–water partition coefficient (Wildman–Crippen LogP) is 3.88. The van der Waals surface area contributed by atoms with Gasteiger partial charge in [0.25, 0.3) is 0 Å². The Kier molecular flexibility index (Phi) is 4.70. The Hall–Kier alpha value is -2.64. The smallest absolute Gasteiger partial charge is 0.200 e. The van der Waals surface area contributed by atoms with Crippen molar-refractivity contribution >= 4 is 5.76 Å². The van der Waals surface area contributed by atoms with Crippen LogP contribution in [0, 0.1) is 11.3 Å². The Bertz CT molecular complexity index is 720. The van der Waals surface area contributed by atoms with Crippen molar-refractivity contribution in [1.82, 2.24) is 4.98 Å². The summed E-state index contributed by atoms with van der Waals surface area (Å²) in [6.45, 7) is 2.50. The highest BCUT2D eigenvalue weighted by Gasteiger charge is 2.33. The molecule has 2 aromatic rings. The van der Waals surface area contributed by atoms with Crippen molar-refractivity contribution in [1.29, 1.82) is 5.26 Å². The maximum absolute atomic E-state index is 9.72. The van der Waals surface area contributed by atoms with E-state index < -0.39 is 0 Å². The average Bonchev–Trinajstić information content (AvgIpc) is 2.63. The summed E-state index contributed by atoms with van der Waals surface area (Å²) in [7, 11) is 0. The van der Waals surface area contributed by atoms with Crippen LogP contribution >= 0.6 is 0 Å². The van der Waals surface area contributed by atoms with Crippen LogP contribution in [0.4, 0.5) is 0 Å². The summed E-state index contributed by atoms with van der Waals surface area (Å²) in [6, 6.07) is 15.9. The Morgan fingerprint density at radius 2 is 2.09 bits per heavy atom. The van der Waals surface area contributed by atoms with Gasteiger partial charge >= 0.3 is 0 Å². The van der Waals surface area contributed by atoms with E-state index in [4.69, 9.17) is 9.47 Å². The molecule has 116 valence electrons. The van der Waals surface area contributed by atoms with Gasteiger partial charge in [-0.15, -0.1) is 0 Å². The van der Waals surface area contributed by atoms with Gasteiger partial charge in [-0.1, -0.05) is 36.4 Å². The van der Waals surface area contributed by atoms with Crippen LogP contribution in [0.1, 0.15) is 30.4 Å². The van der Waals surface area contributed by atoms with E-state index in [2.05, 4.69) is 11.1 Å². The second-order valence-corrected chi connectivity index (χ2v) is 5.30. The van der Waals surface area contributed by atoms with Gasteiger partial charge in [0.05, 0.1) is 11.6 Å². The minimum Gasteiger partial charge on any atom is -0.463 e. The second-order valence-electron chi connectivity index (χ2n) is 5.30. The second kappa shape index (κ2) is 7.08. The van der Waals surface area contributed by atoms with Crippen LogP contribution in [0.15, 0.2) is 60.4 Å². The molecule has 1 aliphatic rings. The quantitative estimate of drug-likeness (QED) is 0.860. The summed E-state index contributed by atoms with van der Waals surface area (Å²) in [5.41, 5.74) is 2.52. The largest absolute Gasteiger partial charge is 0.463 e. The van der Waals surface area contributed by atoms with E-state index >= 15 is 0 Å². The molecule has 0 spiro atoms. The maximum atomic E-state index is 9.72. The number of hydrogen-bond acceptors (Lipinski definition) is 4. The number of benzene rings is 1. The predicted molar refractivity (Wildman–Crippen MR) is 87.1 cm³/mol. The Balaban J connectivity index is 2.08. The lowest BCUT2D eigenvalue weighted by Gasteiger charge is -2.31. The van der Waals surface area contributed by atoms with Gasteiger partial charge in [-0.2, -0.15) is 5.26 Å². The van der Waals surface area contributed by atoms with E-state index in [0.717, 1.165) is 11.1 Å². The molecule has 0 N–H and O–H groups in total. The minimum absolute atomic E-state index is 0.0748. The number of ether oxygens (including phenoxy) is 2. The van der Waals surface area contributed by atoms with Gasteiger partial charge in [-0.05, 0) is 18.6 Å². The first-order chi connectivity index (χ1) is 11.3. The molecule has 0 bridgehead atoms. The number of allylic oxidation sites excluding steroid dienone is 1. The third-order valence-corrected chi connectivity index (χ3v) is 3.87. The number of nitriles is 1. The summed E-state index contributed by atoms with van der Waals surface area (Å²) in [6.07, 6.45) is 3.78. The molecule has 1 aromatic carbocycles. The molecule has 0 fully saturated rings. The first kappa shape index (κ1) is 15.3. The van der Waals surface area contributed by atoms with Crippen LogP contribution in [0.5, 0.6) is 0 Å². The Labute approximate surface area is 136 Å². The average molecular weight is 306 g/mol. The molecule has 2 heterocycles. The molecule has 3 rings (SSSR count). The van der Waals surface area contributed by atoms with Crippen molar-refractivity contribution < 1.29 is 9.47 Å². The number of pyridine rings is 1. The van der Waals surface area contributed by atoms with Crippen LogP contribution < -0.4 is 0 Å². The van der Waals surface area contributed by atoms with E-state index in [1.54, 1.807) is 12.4 Å². The van der Waals surface area contributed by atoms with Gasteiger partial charge in [0.2, 0.25) is 6.29 Å². The molecular weight excluding hydrogens is 288 g/mol. The normalized spacial score (nSPS) is 20.7. The highest BCUT2D eigenvalue weighted by Crippen LogP contribution is 2.40. The molecule has 4 nitrogen and oxygen atoms in total. The van der Waals surface area contributed by atoms with Crippen molar-refractivity contribution in [2.75, 3.05) is 6.61 Å². The Morgan fingerprint density at radius 1 is 1.26 bits per heavy atom. The van der Waals surface area contributed by atoms with Crippen molar-refractivity contribution in [3.8, 4) is 6.07 Å². The monoisotopic (exact) mass is 306 g/mol. The fourth-order valence-electron chi connectivity index (χ4n) is 2.83. The van der Waals surface area contributed by atoms with E-state index in [1.807, 2.05) is 49.4 Å². The maximum Gasteiger partial charge on any atom is 0.200 e. The van der Waals surface area contributed by atoms with E-state index in [0.29, 0.717) is 24.4 Å². The molecule has 1 aliphatic heterocycles. The van der Waals surface area contributed by atoms with Crippen LogP contribution in [-0.2, 0) is 9.47 Å². The summed E-state index contributed by atoms with van der Waals surface area (Å²) in [5, 5.41) is 9.72. The van der Waals surface area contributed by atoms with Crippen molar-refractivity contribution in [2.24, 2.45) is 0 Å². The van der Waals surface area contributed by atoms with Crippen LogP contribution in [0.2, 0.25) is 0 Å². The Morgan fingerprint density at radius 3 is 2.74 bits per heavy atom. The highest BCUT2D eigenvalue weighted by molar-refractivity contribution is 5.69. The van der Waals surface area contributed by atoms with Crippen molar-refractivity contribution in [3.63, 3.8) is 0 Å². The van der Waals surface area contributed by atoms with Crippen LogP contribution in [-0.4, -0.2) is 17.9 Å². The third kappa shape index (κ3) is 3.25. The van der Waals surface area contributed by atoms with Crippen molar-refractivity contribution in [3.05, 3.63) is 71.6 Å². The highest BCUT2D eigenvalue weighted by atomic mass is 16.7. The van der Waals surface area contributed by atoms with Gasteiger partial charge in [0, 0.05) is 36.9 Å². The van der Waals surface area contributed by atoms with Gasteiger partial charge in [0.1, 0.15) is 5.76 Å². The van der Waals surface area contributed by atoms with Crippen molar-refractivity contribution in [2.45, 2.75) is 25.6 Å². The summed E-state index contributed by atoms with van der Waals surface area (Å²) >= 11 is 0. The molecule has 0 unspecified atom stereocenters. The molecule has 23 heavy (non-hydrogen) atoms. The molecular formula is C19H18N2O2. The lowest BCUT2D eigenvalue weighted by Crippen LogP contribution is -2.26. The molecule has 1 aromatic heterocycles. The molecule has 2 atom stereocenters. The molecule has 0 amide bonds. The molecule has 0 saturated carbocycles. The zero-order chi connectivity index (χ0) is 16.1. The lowest BCUT2D eigenvalue weighted by molar-refractivity contribution is -0.105. The number of hydrogen-bond donors (Lipinski definition) is 0. The summed E-state index contributed by atoms with van der Waals surface area (Å²) in [5.74, 6) is 0.529. The fourth-order valence-corrected chi connectivity index (χ4v) is 2.83. The molecule has 0 radical (unpaired) electrons. The first-order valence-corrected chi connectivity index (χ1v) is 7.71. The van der Waals surface area contributed by atoms with Gasteiger partial charge in [-0.25, -0.2) is 0 Å². The summed E-state index contributed by atoms with van der Waals surface area (Å²) in [4.78, 5) is 4.18.